The molecular formula is C23H26N2O4. The van der Waals surface area contributed by atoms with E-state index >= 15 is 0 Å². The summed E-state index contributed by atoms with van der Waals surface area (Å²) in [6.07, 6.45) is 2.12. The van der Waals surface area contributed by atoms with Crippen LogP contribution >= 0.6 is 0 Å². The Morgan fingerprint density at radius 2 is 2.00 bits per heavy atom. The first-order valence-electron chi connectivity index (χ1n) is 10.3. The molecule has 0 saturated carbocycles. The molecular weight excluding hydrogens is 368 g/mol. The maximum Gasteiger partial charge on any atom is 0.254 e. The number of hydrogen-bond acceptors (Lipinski definition) is 5. The van der Waals surface area contributed by atoms with Gasteiger partial charge in [-0.05, 0) is 43.7 Å². The predicted octanol–water partition coefficient (Wildman–Crippen LogP) is 2.96. The van der Waals surface area contributed by atoms with Gasteiger partial charge in [0.25, 0.3) is 5.91 Å². The number of ether oxygens (including phenoxy) is 3. The summed E-state index contributed by atoms with van der Waals surface area (Å²) in [5.41, 5.74) is 1.79. The fourth-order valence-electron chi connectivity index (χ4n) is 4.70. The highest BCUT2D eigenvalue weighted by Gasteiger charge is 2.37. The van der Waals surface area contributed by atoms with Crippen molar-refractivity contribution in [2.24, 2.45) is 0 Å². The van der Waals surface area contributed by atoms with Gasteiger partial charge in [0, 0.05) is 30.3 Å². The van der Waals surface area contributed by atoms with Crippen LogP contribution < -0.4 is 14.2 Å². The number of hydrogen-bond donors (Lipinski definition) is 0. The Morgan fingerprint density at radius 1 is 1.14 bits per heavy atom. The van der Waals surface area contributed by atoms with E-state index in [0.29, 0.717) is 13.2 Å². The summed E-state index contributed by atoms with van der Waals surface area (Å²) in [4.78, 5) is 17.4. The first kappa shape index (κ1) is 18.3. The molecule has 6 nitrogen and oxygen atoms in total. The molecule has 1 fully saturated rings. The number of likely N-dealkylation sites (tertiary alicyclic amines) is 1. The molecule has 2 aromatic rings. The summed E-state index contributed by atoms with van der Waals surface area (Å²) in [5.74, 6) is 2.55. The molecule has 2 aromatic carbocycles. The highest BCUT2D eigenvalue weighted by atomic mass is 16.6. The van der Waals surface area contributed by atoms with Crippen LogP contribution in [0.2, 0.25) is 0 Å². The highest BCUT2D eigenvalue weighted by Crippen LogP contribution is 2.34. The van der Waals surface area contributed by atoms with Gasteiger partial charge in [0.05, 0.1) is 13.7 Å². The zero-order valence-electron chi connectivity index (χ0n) is 16.7. The van der Waals surface area contributed by atoms with Crippen LogP contribution in [0.3, 0.4) is 0 Å². The van der Waals surface area contributed by atoms with Crippen molar-refractivity contribution < 1.29 is 19.0 Å². The molecule has 152 valence electrons. The molecule has 0 unspecified atom stereocenters. The monoisotopic (exact) mass is 394 g/mol. The minimum Gasteiger partial charge on any atom is -0.496 e. The first-order valence-corrected chi connectivity index (χ1v) is 10.3. The summed E-state index contributed by atoms with van der Waals surface area (Å²) in [5, 5.41) is 0. The van der Waals surface area contributed by atoms with E-state index in [4.69, 9.17) is 14.2 Å². The van der Waals surface area contributed by atoms with Gasteiger partial charge in [0.1, 0.15) is 18.5 Å². The normalized spacial score (nSPS) is 23.8. The Balaban J connectivity index is 1.24. The number of rotatable bonds is 4. The Bertz CT molecular complexity index is 916. The number of para-hydroxylation sites is 2. The third-order valence-corrected chi connectivity index (χ3v) is 6.12. The standard InChI is InChI=1S/C23H26N2O4/c1-27-20-10-4-7-18-19(20)14-25(23(18)26)16-6-5-11-24(12-16)13-17-15-28-21-8-2-3-9-22(21)29-17/h2-4,7-10,16-17H,5-6,11-15H2,1H3/t16-,17-/m0/s1. The van der Waals surface area contributed by atoms with E-state index in [-0.39, 0.29) is 18.1 Å². The lowest BCUT2D eigenvalue weighted by Gasteiger charge is -2.39. The van der Waals surface area contributed by atoms with E-state index in [0.717, 1.165) is 60.9 Å². The average molecular weight is 394 g/mol. The average Bonchev–Trinajstić information content (AvgIpc) is 3.11. The molecule has 5 rings (SSSR count). The minimum absolute atomic E-state index is 0.00946. The molecule has 6 heteroatoms. The number of carbonyl (C=O) groups is 1. The van der Waals surface area contributed by atoms with Crippen LogP contribution in [0.1, 0.15) is 28.8 Å². The van der Waals surface area contributed by atoms with Gasteiger partial charge in [-0.1, -0.05) is 18.2 Å². The fourth-order valence-corrected chi connectivity index (χ4v) is 4.70. The summed E-state index contributed by atoms with van der Waals surface area (Å²) in [6.45, 7) is 3.89. The van der Waals surface area contributed by atoms with Crippen LogP contribution in [0.5, 0.6) is 17.2 Å². The third kappa shape index (κ3) is 3.42. The SMILES string of the molecule is COc1cccc2c1CN([C@H]1CCCN(C[C@H]3COc4ccccc4O3)C1)C2=O. The molecule has 3 aliphatic heterocycles. The quantitative estimate of drug-likeness (QED) is 0.798. The second kappa shape index (κ2) is 7.59. The van der Waals surface area contributed by atoms with Crippen molar-refractivity contribution in [2.45, 2.75) is 31.5 Å². The number of benzene rings is 2. The lowest BCUT2D eigenvalue weighted by molar-refractivity contribution is 0.0306. The van der Waals surface area contributed by atoms with E-state index in [2.05, 4.69) is 4.90 Å². The lowest BCUT2D eigenvalue weighted by atomic mass is 10.0. The van der Waals surface area contributed by atoms with Crippen molar-refractivity contribution in [1.82, 2.24) is 9.80 Å². The summed E-state index contributed by atoms with van der Waals surface area (Å²) in [7, 11) is 1.66. The van der Waals surface area contributed by atoms with Gasteiger partial charge >= 0.3 is 0 Å². The molecule has 0 aromatic heterocycles. The second-order valence-electron chi connectivity index (χ2n) is 7.97. The van der Waals surface area contributed by atoms with Crippen LogP contribution in [0, 0.1) is 0 Å². The van der Waals surface area contributed by atoms with Gasteiger partial charge < -0.3 is 19.1 Å². The number of fused-ring (bicyclic) bond motifs is 2. The van der Waals surface area contributed by atoms with Crippen LogP contribution in [0.4, 0.5) is 0 Å². The topological polar surface area (TPSA) is 51.2 Å². The molecule has 0 aliphatic carbocycles. The molecule has 0 spiro atoms. The van der Waals surface area contributed by atoms with Crippen molar-refractivity contribution in [2.75, 3.05) is 33.4 Å². The molecule has 0 N–H and O–H groups in total. The van der Waals surface area contributed by atoms with Crippen molar-refractivity contribution in [3.63, 3.8) is 0 Å². The Morgan fingerprint density at radius 3 is 2.86 bits per heavy atom. The first-order chi connectivity index (χ1) is 14.2. The summed E-state index contributed by atoms with van der Waals surface area (Å²) in [6, 6.07) is 13.8. The number of piperidine rings is 1. The second-order valence-corrected chi connectivity index (χ2v) is 7.97. The molecule has 1 amide bonds. The molecule has 0 radical (unpaired) electrons. The molecule has 29 heavy (non-hydrogen) atoms. The van der Waals surface area contributed by atoms with Crippen LogP contribution in [-0.4, -0.2) is 61.2 Å². The van der Waals surface area contributed by atoms with Crippen LogP contribution in [0.15, 0.2) is 42.5 Å². The predicted molar refractivity (Wildman–Crippen MR) is 109 cm³/mol. The number of methoxy groups -OCH3 is 1. The largest absolute Gasteiger partial charge is 0.496 e. The van der Waals surface area contributed by atoms with E-state index in [1.807, 2.05) is 47.4 Å². The van der Waals surface area contributed by atoms with E-state index < -0.39 is 0 Å². The lowest BCUT2D eigenvalue weighted by Crippen LogP contribution is -2.51. The van der Waals surface area contributed by atoms with Crippen molar-refractivity contribution in [3.05, 3.63) is 53.6 Å². The van der Waals surface area contributed by atoms with Crippen molar-refractivity contribution in [1.29, 1.82) is 0 Å². The van der Waals surface area contributed by atoms with E-state index in [1.165, 1.54) is 0 Å². The van der Waals surface area contributed by atoms with Crippen molar-refractivity contribution in [3.8, 4) is 17.2 Å². The zero-order valence-corrected chi connectivity index (χ0v) is 16.7. The van der Waals surface area contributed by atoms with Gasteiger partial charge in [0.15, 0.2) is 11.5 Å². The smallest absolute Gasteiger partial charge is 0.254 e. The van der Waals surface area contributed by atoms with Crippen LogP contribution in [-0.2, 0) is 6.54 Å². The Kier molecular flexibility index (Phi) is 4.79. The van der Waals surface area contributed by atoms with E-state index in [9.17, 15) is 4.79 Å². The molecule has 3 heterocycles. The highest BCUT2D eigenvalue weighted by molar-refractivity contribution is 5.99. The molecule has 2 atom stereocenters. The van der Waals surface area contributed by atoms with Gasteiger partial charge in [-0.15, -0.1) is 0 Å². The van der Waals surface area contributed by atoms with E-state index in [1.54, 1.807) is 7.11 Å². The van der Waals surface area contributed by atoms with Gasteiger partial charge in [-0.2, -0.15) is 0 Å². The number of nitrogens with zero attached hydrogens (tertiary/aromatic N) is 2. The maximum absolute atomic E-state index is 13.0. The summed E-state index contributed by atoms with van der Waals surface area (Å²) >= 11 is 0. The third-order valence-electron chi connectivity index (χ3n) is 6.12. The minimum atomic E-state index is 0.00946. The molecule has 0 bridgehead atoms. The van der Waals surface area contributed by atoms with Gasteiger partial charge in [0.2, 0.25) is 0 Å². The zero-order chi connectivity index (χ0) is 19.8. The fraction of sp³-hybridized carbons (Fsp3) is 0.435. The number of carbonyl (C=O) groups excluding carboxylic acids is 1. The molecule has 1 saturated heterocycles. The van der Waals surface area contributed by atoms with Gasteiger partial charge in [-0.25, -0.2) is 0 Å². The Hall–Kier alpha value is -2.73. The summed E-state index contributed by atoms with van der Waals surface area (Å²) < 4.78 is 17.5. The van der Waals surface area contributed by atoms with Crippen LogP contribution in [0.25, 0.3) is 0 Å². The van der Waals surface area contributed by atoms with Gasteiger partial charge in [-0.3, -0.25) is 9.69 Å². The van der Waals surface area contributed by atoms with Crippen molar-refractivity contribution >= 4 is 5.91 Å². The number of amides is 1. The maximum atomic E-state index is 13.0. The molecule has 3 aliphatic rings. The Labute approximate surface area is 171 Å².